The normalized spacial score (nSPS) is 14.5. The molecule has 8 nitrogen and oxygen atoms in total. The third-order valence-electron chi connectivity index (χ3n) is 5.76. The number of carbonyl (C=O) groups excluding carboxylic acids is 1. The number of para-hydroxylation sites is 1. The molecule has 1 saturated carbocycles. The molecular formula is C23H29N5O3. The number of hydrogen-bond donors (Lipinski definition) is 1. The Bertz CT molecular complexity index is 1010. The summed E-state index contributed by atoms with van der Waals surface area (Å²) in [5, 5.41) is 15.9. The molecule has 1 aliphatic carbocycles. The van der Waals surface area contributed by atoms with Gasteiger partial charge in [0, 0.05) is 12.5 Å². The summed E-state index contributed by atoms with van der Waals surface area (Å²) in [7, 11) is 1.62. The number of nitrogens with one attached hydrogen (secondary N) is 1. The number of amides is 1. The van der Waals surface area contributed by atoms with Crippen molar-refractivity contribution in [1.82, 2.24) is 25.1 Å². The van der Waals surface area contributed by atoms with E-state index in [1.165, 1.54) is 32.1 Å². The number of nitrogens with zero attached hydrogens (tertiary/aromatic N) is 4. The molecule has 0 bridgehead atoms. The molecule has 0 spiro atoms. The van der Waals surface area contributed by atoms with E-state index in [2.05, 4.69) is 20.6 Å². The molecule has 164 valence electrons. The molecule has 2 aromatic heterocycles. The Kier molecular flexibility index (Phi) is 6.96. The number of rotatable bonds is 9. The van der Waals surface area contributed by atoms with Crippen LogP contribution in [0.3, 0.4) is 0 Å². The van der Waals surface area contributed by atoms with Crippen molar-refractivity contribution in [2.75, 3.05) is 20.3 Å². The highest BCUT2D eigenvalue weighted by Crippen LogP contribution is 2.28. The van der Waals surface area contributed by atoms with Gasteiger partial charge < -0.3 is 14.8 Å². The van der Waals surface area contributed by atoms with E-state index in [4.69, 9.17) is 9.47 Å². The number of hydrogen-bond acceptors (Lipinski definition) is 6. The Labute approximate surface area is 182 Å². The molecule has 0 saturated heterocycles. The molecule has 4 rings (SSSR count). The summed E-state index contributed by atoms with van der Waals surface area (Å²) in [5.74, 6) is 2.53. The molecule has 0 atom stereocenters. The number of methoxy groups -OCH3 is 1. The highest BCUT2D eigenvalue weighted by atomic mass is 16.5. The van der Waals surface area contributed by atoms with E-state index in [9.17, 15) is 4.79 Å². The molecule has 3 aromatic rings. The number of carbonyl (C=O) groups is 1. The first-order chi connectivity index (χ1) is 15.2. The zero-order chi connectivity index (χ0) is 21.5. The number of fused-ring (bicyclic) bond motifs is 1. The lowest BCUT2D eigenvalue weighted by Crippen LogP contribution is -2.28. The van der Waals surface area contributed by atoms with Crippen LogP contribution in [0, 0.1) is 5.92 Å². The van der Waals surface area contributed by atoms with Crippen LogP contribution in [0.2, 0.25) is 0 Å². The molecule has 0 radical (unpaired) electrons. The molecule has 1 amide bonds. The van der Waals surface area contributed by atoms with E-state index in [1.807, 2.05) is 24.3 Å². The van der Waals surface area contributed by atoms with Crippen molar-refractivity contribution in [3.63, 3.8) is 0 Å². The van der Waals surface area contributed by atoms with Crippen LogP contribution in [0.15, 0.2) is 36.4 Å². The lowest BCUT2D eigenvalue weighted by atomic mass is 9.86. The van der Waals surface area contributed by atoms with Gasteiger partial charge in [0.15, 0.2) is 11.5 Å². The molecule has 1 aromatic carbocycles. The van der Waals surface area contributed by atoms with Crippen LogP contribution in [-0.2, 0) is 4.79 Å². The first-order valence-corrected chi connectivity index (χ1v) is 11.0. The van der Waals surface area contributed by atoms with Gasteiger partial charge in [0.25, 0.3) is 0 Å². The predicted molar refractivity (Wildman–Crippen MR) is 117 cm³/mol. The summed E-state index contributed by atoms with van der Waals surface area (Å²) in [6.45, 7) is 0.796. The Morgan fingerprint density at radius 1 is 1.13 bits per heavy atom. The van der Waals surface area contributed by atoms with Crippen molar-refractivity contribution in [3.8, 4) is 23.0 Å². The monoisotopic (exact) mass is 423 g/mol. The van der Waals surface area contributed by atoms with E-state index >= 15 is 0 Å². The Morgan fingerprint density at radius 3 is 2.81 bits per heavy atom. The van der Waals surface area contributed by atoms with Crippen molar-refractivity contribution < 1.29 is 14.3 Å². The minimum absolute atomic E-state index is 0.0925. The molecule has 31 heavy (non-hydrogen) atoms. The summed E-state index contributed by atoms with van der Waals surface area (Å²) < 4.78 is 12.8. The average Bonchev–Trinajstić information content (AvgIpc) is 3.24. The van der Waals surface area contributed by atoms with Crippen molar-refractivity contribution in [1.29, 1.82) is 0 Å². The standard InChI is InChI=1S/C23H29N5O3/c1-30-19-10-6-5-9-18(19)23-26-25-20-12-14-22(27-28(20)23)31-16-15-24-21(29)13-11-17-7-3-2-4-8-17/h5-6,9-10,12,14,17H,2-4,7-8,11,13,15-16H2,1H3,(H,24,29). The van der Waals surface area contributed by atoms with Gasteiger partial charge in [-0.05, 0) is 30.5 Å². The third-order valence-corrected chi connectivity index (χ3v) is 5.76. The Hall–Kier alpha value is -3.16. The fourth-order valence-corrected chi connectivity index (χ4v) is 4.09. The summed E-state index contributed by atoms with van der Waals surface area (Å²) in [6, 6.07) is 11.1. The number of benzene rings is 1. The van der Waals surface area contributed by atoms with Gasteiger partial charge in [-0.3, -0.25) is 4.79 Å². The molecule has 1 fully saturated rings. The van der Waals surface area contributed by atoms with E-state index in [1.54, 1.807) is 23.8 Å². The second-order valence-electron chi connectivity index (χ2n) is 7.91. The molecule has 1 N–H and O–H groups in total. The van der Waals surface area contributed by atoms with Crippen LogP contribution in [0.5, 0.6) is 11.6 Å². The lowest BCUT2D eigenvalue weighted by molar-refractivity contribution is -0.121. The first-order valence-electron chi connectivity index (χ1n) is 11.0. The van der Waals surface area contributed by atoms with Crippen LogP contribution in [0.25, 0.3) is 17.0 Å². The van der Waals surface area contributed by atoms with Gasteiger partial charge in [0.1, 0.15) is 12.4 Å². The highest BCUT2D eigenvalue weighted by molar-refractivity contribution is 5.75. The largest absolute Gasteiger partial charge is 0.496 e. The maximum absolute atomic E-state index is 12.1. The minimum Gasteiger partial charge on any atom is -0.496 e. The van der Waals surface area contributed by atoms with Crippen LogP contribution in [0.1, 0.15) is 44.9 Å². The minimum atomic E-state index is 0.0925. The summed E-state index contributed by atoms with van der Waals surface area (Å²) >= 11 is 0. The number of aromatic nitrogens is 4. The second-order valence-corrected chi connectivity index (χ2v) is 7.91. The smallest absolute Gasteiger partial charge is 0.231 e. The first kappa shape index (κ1) is 21.1. The topological polar surface area (TPSA) is 90.6 Å². The fraction of sp³-hybridized carbons (Fsp3) is 0.478. The van der Waals surface area contributed by atoms with Crippen LogP contribution in [0.4, 0.5) is 0 Å². The van der Waals surface area contributed by atoms with Gasteiger partial charge in [-0.15, -0.1) is 15.3 Å². The molecule has 8 heteroatoms. The highest BCUT2D eigenvalue weighted by Gasteiger charge is 2.16. The molecule has 2 heterocycles. The zero-order valence-electron chi connectivity index (χ0n) is 17.9. The van der Waals surface area contributed by atoms with Gasteiger partial charge >= 0.3 is 0 Å². The van der Waals surface area contributed by atoms with E-state index in [0.717, 1.165) is 12.0 Å². The van der Waals surface area contributed by atoms with Gasteiger partial charge in [0.2, 0.25) is 11.8 Å². The van der Waals surface area contributed by atoms with Crippen LogP contribution in [-0.4, -0.2) is 46.0 Å². The second kappa shape index (κ2) is 10.2. The van der Waals surface area contributed by atoms with Crippen LogP contribution >= 0.6 is 0 Å². The molecule has 0 unspecified atom stereocenters. The van der Waals surface area contributed by atoms with Crippen molar-refractivity contribution in [2.45, 2.75) is 44.9 Å². The average molecular weight is 424 g/mol. The van der Waals surface area contributed by atoms with E-state index < -0.39 is 0 Å². The van der Waals surface area contributed by atoms with E-state index in [-0.39, 0.29) is 5.91 Å². The maximum atomic E-state index is 12.1. The van der Waals surface area contributed by atoms with Gasteiger partial charge in [-0.2, -0.15) is 4.52 Å². The van der Waals surface area contributed by atoms with Crippen molar-refractivity contribution >= 4 is 11.6 Å². The summed E-state index contributed by atoms with van der Waals surface area (Å²) in [4.78, 5) is 12.1. The molecular weight excluding hydrogens is 394 g/mol. The Morgan fingerprint density at radius 2 is 1.97 bits per heavy atom. The lowest BCUT2D eigenvalue weighted by Gasteiger charge is -2.20. The molecule has 1 aliphatic rings. The van der Waals surface area contributed by atoms with Crippen molar-refractivity contribution in [2.24, 2.45) is 5.92 Å². The zero-order valence-corrected chi connectivity index (χ0v) is 17.9. The van der Waals surface area contributed by atoms with Crippen LogP contribution < -0.4 is 14.8 Å². The van der Waals surface area contributed by atoms with E-state index in [0.29, 0.717) is 48.6 Å². The summed E-state index contributed by atoms with van der Waals surface area (Å²) in [5.41, 5.74) is 1.41. The fourth-order valence-electron chi connectivity index (χ4n) is 4.09. The predicted octanol–water partition coefficient (Wildman–Crippen LogP) is 3.66. The SMILES string of the molecule is COc1ccccc1-c1nnc2ccc(OCCNC(=O)CCC3CCCCC3)nn12. The maximum Gasteiger partial charge on any atom is 0.231 e. The van der Waals surface area contributed by atoms with Crippen molar-refractivity contribution in [3.05, 3.63) is 36.4 Å². The quantitative estimate of drug-likeness (QED) is 0.528. The van der Waals surface area contributed by atoms with Gasteiger partial charge in [-0.25, -0.2) is 0 Å². The van der Waals surface area contributed by atoms with Gasteiger partial charge in [0.05, 0.1) is 19.2 Å². The third kappa shape index (κ3) is 5.31. The summed E-state index contributed by atoms with van der Waals surface area (Å²) in [6.07, 6.45) is 8.08. The molecule has 0 aliphatic heterocycles. The van der Waals surface area contributed by atoms with Gasteiger partial charge in [-0.1, -0.05) is 44.2 Å². The Balaban J connectivity index is 1.30. The number of ether oxygens (including phenoxy) is 2.